The monoisotopic (exact) mass is 297 g/mol. The Morgan fingerprint density at radius 3 is 2.79 bits per heavy atom. The fourth-order valence-corrected chi connectivity index (χ4v) is 3.51. The molecule has 0 aromatic carbocycles. The minimum atomic E-state index is 0.249. The predicted octanol–water partition coefficient (Wildman–Crippen LogP) is 3.68. The van der Waals surface area contributed by atoms with Gasteiger partial charge in [0.15, 0.2) is 0 Å². The van der Waals surface area contributed by atoms with E-state index in [1.54, 1.807) is 11.3 Å². The van der Waals surface area contributed by atoms with Gasteiger partial charge in [-0.1, -0.05) is 18.5 Å². The summed E-state index contributed by atoms with van der Waals surface area (Å²) in [6.45, 7) is 5.17. The molecule has 2 heterocycles. The summed E-state index contributed by atoms with van der Waals surface area (Å²) in [7, 11) is 1.98. The van der Waals surface area contributed by atoms with Crippen LogP contribution in [0.1, 0.15) is 36.2 Å². The maximum absolute atomic E-state index is 6.23. The van der Waals surface area contributed by atoms with Crippen LogP contribution in [-0.4, -0.2) is 16.8 Å². The van der Waals surface area contributed by atoms with Crippen molar-refractivity contribution in [3.8, 4) is 0 Å². The number of halogens is 1. The van der Waals surface area contributed by atoms with E-state index in [0.29, 0.717) is 0 Å². The molecule has 0 saturated carbocycles. The van der Waals surface area contributed by atoms with E-state index >= 15 is 0 Å². The highest BCUT2D eigenvalue weighted by molar-refractivity contribution is 7.10. The number of likely N-dealkylation sites (N-methyl/N-ethyl adjacent to an activating group) is 1. The van der Waals surface area contributed by atoms with Gasteiger partial charge in [0, 0.05) is 29.6 Å². The maximum atomic E-state index is 6.23. The molecule has 1 atom stereocenters. The zero-order chi connectivity index (χ0) is 13.8. The van der Waals surface area contributed by atoms with Crippen molar-refractivity contribution in [3.05, 3.63) is 38.8 Å². The molecule has 1 unspecified atom stereocenters. The van der Waals surface area contributed by atoms with Crippen molar-refractivity contribution in [2.24, 2.45) is 0 Å². The van der Waals surface area contributed by atoms with E-state index in [1.165, 1.54) is 10.6 Å². The van der Waals surface area contributed by atoms with Crippen LogP contribution in [0.25, 0.3) is 0 Å². The van der Waals surface area contributed by atoms with Crippen LogP contribution in [0.3, 0.4) is 0 Å². The van der Waals surface area contributed by atoms with E-state index in [4.69, 9.17) is 11.6 Å². The van der Waals surface area contributed by atoms with E-state index < -0.39 is 0 Å². The number of aromatic nitrogens is 2. The number of nitrogens with zero attached hydrogens (tertiary/aromatic N) is 2. The van der Waals surface area contributed by atoms with Crippen molar-refractivity contribution in [1.29, 1.82) is 0 Å². The van der Waals surface area contributed by atoms with Gasteiger partial charge < -0.3 is 5.32 Å². The summed E-state index contributed by atoms with van der Waals surface area (Å²) in [5.41, 5.74) is 2.42. The minimum absolute atomic E-state index is 0.249. The molecular weight excluding hydrogens is 278 g/mol. The van der Waals surface area contributed by atoms with Crippen molar-refractivity contribution in [3.63, 3.8) is 0 Å². The lowest BCUT2D eigenvalue weighted by atomic mass is 10.1. The van der Waals surface area contributed by atoms with E-state index in [-0.39, 0.29) is 6.04 Å². The average Bonchev–Trinajstić information content (AvgIpc) is 3.01. The van der Waals surface area contributed by atoms with Crippen LogP contribution in [0.5, 0.6) is 0 Å². The van der Waals surface area contributed by atoms with E-state index in [0.717, 1.165) is 30.1 Å². The number of nitrogens with one attached hydrogen (secondary N) is 1. The van der Waals surface area contributed by atoms with Crippen LogP contribution in [0.2, 0.25) is 5.02 Å². The Hall–Kier alpha value is -0.840. The van der Waals surface area contributed by atoms with Crippen molar-refractivity contribution in [2.45, 2.75) is 39.3 Å². The molecule has 0 aliphatic rings. The van der Waals surface area contributed by atoms with Gasteiger partial charge in [-0.05, 0) is 37.9 Å². The SMILES string of the molecule is CCc1cc(CC(NC)c2sccc2Cl)n(CC)n1. The molecule has 3 nitrogen and oxygen atoms in total. The Balaban J connectivity index is 2.23. The van der Waals surface area contributed by atoms with Crippen LogP contribution in [0.4, 0.5) is 0 Å². The van der Waals surface area contributed by atoms with Crippen LogP contribution in [-0.2, 0) is 19.4 Å². The summed E-state index contributed by atoms with van der Waals surface area (Å²) >= 11 is 7.94. The fourth-order valence-electron chi connectivity index (χ4n) is 2.21. The third-order valence-corrected chi connectivity index (χ3v) is 4.77. The molecule has 0 radical (unpaired) electrons. The second-order valence-corrected chi connectivity index (χ2v) is 5.83. The molecule has 0 aliphatic heterocycles. The molecule has 0 amide bonds. The molecule has 0 spiro atoms. The van der Waals surface area contributed by atoms with Crippen LogP contribution >= 0.6 is 22.9 Å². The normalized spacial score (nSPS) is 12.8. The van der Waals surface area contributed by atoms with Crippen LogP contribution in [0.15, 0.2) is 17.5 Å². The van der Waals surface area contributed by atoms with Gasteiger partial charge in [0.2, 0.25) is 0 Å². The van der Waals surface area contributed by atoms with Gasteiger partial charge in [-0.2, -0.15) is 5.10 Å². The van der Waals surface area contributed by atoms with Crippen molar-refractivity contribution < 1.29 is 0 Å². The van der Waals surface area contributed by atoms with Crippen LogP contribution < -0.4 is 5.32 Å². The number of rotatable bonds is 6. The van der Waals surface area contributed by atoms with Crippen LogP contribution in [0, 0.1) is 0 Å². The number of hydrogen-bond acceptors (Lipinski definition) is 3. The fraction of sp³-hybridized carbons (Fsp3) is 0.500. The largest absolute Gasteiger partial charge is 0.312 e. The third kappa shape index (κ3) is 3.19. The highest BCUT2D eigenvalue weighted by atomic mass is 35.5. The van der Waals surface area contributed by atoms with Gasteiger partial charge in [-0.25, -0.2) is 0 Å². The van der Waals surface area contributed by atoms with Gasteiger partial charge in [0.05, 0.1) is 10.7 Å². The Labute approximate surface area is 123 Å². The summed E-state index contributed by atoms with van der Waals surface area (Å²) in [5, 5.41) is 10.8. The summed E-state index contributed by atoms with van der Waals surface area (Å²) in [4.78, 5) is 1.20. The van der Waals surface area contributed by atoms with Crippen molar-refractivity contribution >= 4 is 22.9 Å². The lowest BCUT2D eigenvalue weighted by Crippen LogP contribution is -2.19. The lowest BCUT2D eigenvalue weighted by molar-refractivity contribution is 0.546. The zero-order valence-corrected chi connectivity index (χ0v) is 13.2. The molecule has 19 heavy (non-hydrogen) atoms. The third-order valence-electron chi connectivity index (χ3n) is 3.30. The van der Waals surface area contributed by atoms with Crippen molar-refractivity contribution in [2.75, 3.05) is 7.05 Å². The Kier molecular flexibility index (Phi) is 5.02. The highest BCUT2D eigenvalue weighted by Gasteiger charge is 2.17. The van der Waals surface area contributed by atoms with E-state index in [1.807, 2.05) is 18.5 Å². The second kappa shape index (κ2) is 6.55. The summed E-state index contributed by atoms with van der Waals surface area (Å²) < 4.78 is 2.09. The first-order valence-electron chi connectivity index (χ1n) is 6.65. The van der Waals surface area contributed by atoms with Crippen molar-refractivity contribution in [1.82, 2.24) is 15.1 Å². The zero-order valence-electron chi connectivity index (χ0n) is 11.6. The molecule has 1 N–H and O–H groups in total. The van der Waals surface area contributed by atoms with Gasteiger partial charge in [0.25, 0.3) is 0 Å². The van der Waals surface area contributed by atoms with E-state index in [9.17, 15) is 0 Å². The molecule has 0 saturated heterocycles. The van der Waals surface area contributed by atoms with Gasteiger partial charge in [0.1, 0.15) is 0 Å². The summed E-state index contributed by atoms with van der Waals surface area (Å²) in [5.74, 6) is 0. The summed E-state index contributed by atoms with van der Waals surface area (Å²) in [6, 6.07) is 4.41. The first-order valence-corrected chi connectivity index (χ1v) is 7.91. The minimum Gasteiger partial charge on any atom is -0.312 e. The molecular formula is C14H20ClN3S. The Morgan fingerprint density at radius 2 is 2.26 bits per heavy atom. The number of hydrogen-bond donors (Lipinski definition) is 1. The first-order chi connectivity index (χ1) is 9.19. The topological polar surface area (TPSA) is 29.9 Å². The number of thiophene rings is 1. The predicted molar refractivity (Wildman–Crippen MR) is 82.1 cm³/mol. The van der Waals surface area contributed by atoms with Gasteiger partial charge in [-0.15, -0.1) is 11.3 Å². The average molecular weight is 298 g/mol. The summed E-state index contributed by atoms with van der Waals surface area (Å²) in [6.07, 6.45) is 1.89. The smallest absolute Gasteiger partial charge is 0.0624 e. The quantitative estimate of drug-likeness (QED) is 0.881. The molecule has 2 aromatic heterocycles. The lowest BCUT2D eigenvalue weighted by Gasteiger charge is -2.15. The molecule has 0 bridgehead atoms. The first kappa shape index (κ1) is 14.6. The maximum Gasteiger partial charge on any atom is 0.0624 e. The number of aryl methyl sites for hydroxylation is 2. The Morgan fingerprint density at radius 1 is 1.47 bits per heavy atom. The molecule has 0 aliphatic carbocycles. The highest BCUT2D eigenvalue weighted by Crippen LogP contribution is 2.30. The Bertz CT molecular complexity index is 533. The molecule has 2 aromatic rings. The molecule has 2 rings (SSSR count). The van der Waals surface area contributed by atoms with Gasteiger partial charge >= 0.3 is 0 Å². The molecule has 104 valence electrons. The molecule has 0 fully saturated rings. The molecule has 5 heteroatoms. The standard InChI is InChI=1S/C14H20ClN3S/c1-4-10-8-11(18(5-2)17-10)9-13(16-3)14-12(15)6-7-19-14/h6-8,13,16H,4-5,9H2,1-3H3. The van der Waals surface area contributed by atoms with E-state index in [2.05, 4.69) is 35.0 Å². The van der Waals surface area contributed by atoms with Gasteiger partial charge in [-0.3, -0.25) is 4.68 Å². The second-order valence-electron chi connectivity index (χ2n) is 4.47.